The summed E-state index contributed by atoms with van der Waals surface area (Å²) in [6, 6.07) is 4.05. The molecule has 0 aromatic heterocycles. The molecule has 0 aliphatic carbocycles. The van der Waals surface area contributed by atoms with Crippen LogP contribution in [0.4, 0.5) is 18.9 Å². The van der Waals surface area contributed by atoms with Crippen LogP contribution in [0.15, 0.2) is 18.2 Å². The van der Waals surface area contributed by atoms with E-state index in [1.165, 1.54) is 13.0 Å². The van der Waals surface area contributed by atoms with Gasteiger partial charge in [-0.2, -0.15) is 13.2 Å². The van der Waals surface area contributed by atoms with Crippen LogP contribution in [0.5, 0.6) is 0 Å². The first kappa shape index (κ1) is 14.8. The third-order valence-electron chi connectivity index (χ3n) is 3.43. The van der Waals surface area contributed by atoms with Crippen LogP contribution >= 0.6 is 0 Å². The molecule has 110 valence electrons. The van der Waals surface area contributed by atoms with Crippen molar-refractivity contribution in [2.45, 2.75) is 25.9 Å². The van der Waals surface area contributed by atoms with E-state index in [0.717, 1.165) is 25.6 Å². The Morgan fingerprint density at radius 3 is 2.75 bits per heavy atom. The van der Waals surface area contributed by atoms with Gasteiger partial charge in [0.2, 0.25) is 5.91 Å². The molecule has 0 radical (unpaired) electrons. The number of alkyl halides is 3. The molecule has 1 saturated heterocycles. The van der Waals surface area contributed by atoms with Crippen molar-refractivity contribution in [3.05, 3.63) is 29.3 Å². The molecule has 1 aliphatic rings. The third-order valence-corrected chi connectivity index (χ3v) is 3.43. The topological polar surface area (TPSA) is 41.1 Å². The molecule has 6 heteroatoms. The highest BCUT2D eigenvalue weighted by molar-refractivity contribution is 5.90. The smallest absolute Gasteiger partial charge is 0.326 e. The summed E-state index contributed by atoms with van der Waals surface area (Å²) in [7, 11) is 0. The number of hydrogen-bond donors (Lipinski definition) is 2. The van der Waals surface area contributed by atoms with E-state index in [2.05, 4.69) is 10.6 Å². The van der Waals surface area contributed by atoms with Gasteiger partial charge in [0.05, 0.1) is 11.3 Å². The van der Waals surface area contributed by atoms with Crippen LogP contribution in [0, 0.1) is 5.92 Å². The Labute approximate surface area is 115 Å². The molecule has 1 aromatic carbocycles. The molecule has 1 amide bonds. The largest absolute Gasteiger partial charge is 0.418 e. The number of hydrogen-bond acceptors (Lipinski definition) is 2. The van der Waals surface area contributed by atoms with E-state index in [9.17, 15) is 18.0 Å². The van der Waals surface area contributed by atoms with E-state index in [1.807, 2.05) is 0 Å². The predicted octanol–water partition coefficient (Wildman–Crippen LogP) is 2.82. The second kappa shape index (κ2) is 5.83. The second-order valence-electron chi connectivity index (χ2n) is 5.08. The summed E-state index contributed by atoms with van der Waals surface area (Å²) in [6.07, 6.45) is -3.00. The zero-order chi connectivity index (χ0) is 14.8. The van der Waals surface area contributed by atoms with Crippen LogP contribution in [-0.4, -0.2) is 19.0 Å². The number of carbonyl (C=O) groups is 1. The molecule has 0 bridgehead atoms. The Morgan fingerprint density at radius 1 is 1.45 bits per heavy atom. The first-order valence-corrected chi connectivity index (χ1v) is 6.55. The Balaban J connectivity index is 2.35. The minimum Gasteiger partial charge on any atom is -0.326 e. The minimum atomic E-state index is -4.47. The molecule has 1 fully saturated rings. The maximum Gasteiger partial charge on any atom is 0.418 e. The Morgan fingerprint density at radius 2 is 2.20 bits per heavy atom. The molecule has 3 nitrogen and oxygen atoms in total. The maximum absolute atomic E-state index is 13.0. The molecule has 2 N–H and O–H groups in total. The fraction of sp³-hybridized carbons (Fsp3) is 0.500. The number of rotatable bonds is 3. The lowest BCUT2D eigenvalue weighted by Gasteiger charge is -2.18. The van der Waals surface area contributed by atoms with Crippen LogP contribution in [0.3, 0.4) is 0 Å². The van der Waals surface area contributed by atoms with Gasteiger partial charge in [-0.05, 0) is 43.5 Å². The lowest BCUT2D eigenvalue weighted by Crippen LogP contribution is -2.18. The number of para-hydroxylation sites is 1. The first-order chi connectivity index (χ1) is 9.38. The Hall–Kier alpha value is -1.56. The predicted molar refractivity (Wildman–Crippen MR) is 70.4 cm³/mol. The van der Waals surface area contributed by atoms with Crippen molar-refractivity contribution < 1.29 is 18.0 Å². The second-order valence-corrected chi connectivity index (χ2v) is 5.08. The average molecular weight is 286 g/mol. The lowest BCUT2D eigenvalue weighted by molar-refractivity contribution is -0.137. The van der Waals surface area contributed by atoms with Crippen LogP contribution in [0.1, 0.15) is 24.5 Å². The molecule has 0 spiro atoms. The Kier molecular flexibility index (Phi) is 4.32. The monoisotopic (exact) mass is 286 g/mol. The van der Waals surface area contributed by atoms with Crippen LogP contribution in [-0.2, 0) is 17.4 Å². The number of benzene rings is 1. The van der Waals surface area contributed by atoms with Crippen molar-refractivity contribution in [3.8, 4) is 0 Å². The van der Waals surface area contributed by atoms with Gasteiger partial charge in [-0.15, -0.1) is 0 Å². The highest BCUT2D eigenvalue weighted by atomic mass is 19.4. The maximum atomic E-state index is 13.0. The van der Waals surface area contributed by atoms with Gasteiger partial charge >= 0.3 is 6.18 Å². The van der Waals surface area contributed by atoms with Gasteiger partial charge in [-0.1, -0.05) is 12.1 Å². The summed E-state index contributed by atoms with van der Waals surface area (Å²) in [6.45, 7) is 2.91. The third kappa shape index (κ3) is 3.50. The van der Waals surface area contributed by atoms with Crippen molar-refractivity contribution in [1.82, 2.24) is 5.32 Å². The molecule has 1 heterocycles. The van der Waals surface area contributed by atoms with Crippen molar-refractivity contribution in [3.63, 3.8) is 0 Å². The molecule has 0 saturated carbocycles. The van der Waals surface area contributed by atoms with Gasteiger partial charge in [-0.3, -0.25) is 4.79 Å². The van der Waals surface area contributed by atoms with Crippen LogP contribution in [0.2, 0.25) is 0 Å². The van der Waals surface area contributed by atoms with Gasteiger partial charge in [0.15, 0.2) is 0 Å². The van der Waals surface area contributed by atoms with Gasteiger partial charge in [0.1, 0.15) is 0 Å². The zero-order valence-corrected chi connectivity index (χ0v) is 11.2. The summed E-state index contributed by atoms with van der Waals surface area (Å²) < 4.78 is 39.1. The van der Waals surface area contributed by atoms with E-state index < -0.39 is 17.6 Å². The normalized spacial score (nSPS) is 19.1. The molecule has 2 rings (SSSR count). The number of amides is 1. The van der Waals surface area contributed by atoms with E-state index in [1.54, 1.807) is 6.07 Å². The van der Waals surface area contributed by atoms with Crippen LogP contribution in [0.25, 0.3) is 0 Å². The van der Waals surface area contributed by atoms with E-state index in [-0.39, 0.29) is 5.69 Å². The van der Waals surface area contributed by atoms with Gasteiger partial charge in [0.25, 0.3) is 0 Å². The van der Waals surface area contributed by atoms with E-state index in [4.69, 9.17) is 0 Å². The molecular formula is C14H17F3N2O. The quantitative estimate of drug-likeness (QED) is 0.897. The Bertz CT molecular complexity index is 494. The highest BCUT2D eigenvalue weighted by Crippen LogP contribution is 2.37. The molecular weight excluding hydrogens is 269 g/mol. The van der Waals surface area contributed by atoms with Gasteiger partial charge < -0.3 is 10.6 Å². The first-order valence-electron chi connectivity index (χ1n) is 6.55. The summed E-state index contributed by atoms with van der Waals surface area (Å²) in [4.78, 5) is 11.2. The standard InChI is InChI=1S/C14H17F3N2O/c1-9(20)19-13-11(7-10-5-6-18-8-10)3-2-4-12(13)14(15,16)17/h2-4,10,18H,5-8H2,1H3,(H,19,20). The van der Waals surface area contributed by atoms with E-state index >= 15 is 0 Å². The summed E-state index contributed by atoms with van der Waals surface area (Å²) in [5.74, 6) is -0.182. The van der Waals surface area contributed by atoms with E-state index in [0.29, 0.717) is 17.9 Å². The SMILES string of the molecule is CC(=O)Nc1c(CC2CCNC2)cccc1C(F)(F)F. The lowest BCUT2D eigenvalue weighted by atomic mass is 9.95. The zero-order valence-electron chi connectivity index (χ0n) is 11.2. The molecule has 1 aromatic rings. The molecule has 20 heavy (non-hydrogen) atoms. The number of halogens is 3. The highest BCUT2D eigenvalue weighted by Gasteiger charge is 2.35. The molecule has 1 atom stereocenters. The minimum absolute atomic E-state index is 0.0978. The number of anilines is 1. The van der Waals surface area contributed by atoms with Crippen molar-refractivity contribution in [2.24, 2.45) is 5.92 Å². The van der Waals surface area contributed by atoms with Gasteiger partial charge in [-0.25, -0.2) is 0 Å². The van der Waals surface area contributed by atoms with Crippen molar-refractivity contribution in [1.29, 1.82) is 0 Å². The summed E-state index contributed by atoms with van der Waals surface area (Å²) >= 11 is 0. The van der Waals surface area contributed by atoms with Crippen LogP contribution < -0.4 is 10.6 Å². The van der Waals surface area contributed by atoms with Gasteiger partial charge in [0, 0.05) is 6.92 Å². The van der Waals surface area contributed by atoms with Crippen molar-refractivity contribution >= 4 is 11.6 Å². The molecule has 1 unspecified atom stereocenters. The fourth-order valence-corrected chi connectivity index (χ4v) is 2.53. The summed E-state index contributed by atoms with van der Waals surface area (Å²) in [5.41, 5.74) is -0.334. The van der Waals surface area contributed by atoms with Crippen molar-refractivity contribution in [2.75, 3.05) is 18.4 Å². The number of carbonyl (C=O) groups excluding carboxylic acids is 1. The average Bonchev–Trinajstić information content (AvgIpc) is 2.82. The molecule has 1 aliphatic heterocycles. The number of nitrogens with one attached hydrogen (secondary N) is 2. The fourth-order valence-electron chi connectivity index (χ4n) is 2.53. The summed E-state index contributed by atoms with van der Waals surface area (Å²) in [5, 5.41) is 5.53.